The maximum atomic E-state index is 12.0. The molecule has 7 nitrogen and oxygen atoms in total. The third kappa shape index (κ3) is 3.98. The van der Waals surface area contributed by atoms with Crippen molar-refractivity contribution in [3.8, 4) is 0 Å². The molecule has 0 amide bonds. The minimum Gasteiger partial charge on any atom is -0.458 e. The number of pyridine rings is 1. The van der Waals surface area contributed by atoms with Crippen molar-refractivity contribution in [1.29, 1.82) is 0 Å². The Balaban J connectivity index is 1.74. The summed E-state index contributed by atoms with van der Waals surface area (Å²) in [5, 5.41) is 1.15. The van der Waals surface area contributed by atoms with E-state index in [9.17, 15) is 14.4 Å². The smallest absolute Gasteiger partial charge is 0.331 e. The van der Waals surface area contributed by atoms with Gasteiger partial charge in [-0.25, -0.2) is 14.6 Å². The molecule has 0 unspecified atom stereocenters. The molecule has 8 heteroatoms. The summed E-state index contributed by atoms with van der Waals surface area (Å²) in [6.45, 7) is -0.0505. The van der Waals surface area contributed by atoms with Crippen molar-refractivity contribution < 1.29 is 9.53 Å². The number of fused-ring (bicyclic) bond motifs is 1. The van der Waals surface area contributed by atoms with Crippen LogP contribution in [-0.4, -0.2) is 20.1 Å². The summed E-state index contributed by atoms with van der Waals surface area (Å²) in [6, 6.07) is 9.28. The Kier molecular flexibility index (Phi) is 5.23. The first-order valence-electron chi connectivity index (χ1n) is 8.02. The quantitative estimate of drug-likeness (QED) is 0.390. The van der Waals surface area contributed by atoms with Gasteiger partial charge in [-0.1, -0.05) is 29.8 Å². The predicted octanol–water partition coefficient (Wildman–Crippen LogP) is 2.04. The lowest BCUT2D eigenvalue weighted by molar-refractivity contribution is -0.138. The van der Waals surface area contributed by atoms with Gasteiger partial charge in [0.15, 0.2) is 0 Å². The molecule has 0 aliphatic heterocycles. The van der Waals surface area contributed by atoms with E-state index in [1.165, 1.54) is 30.9 Å². The molecule has 0 spiro atoms. The van der Waals surface area contributed by atoms with Crippen LogP contribution in [0.2, 0.25) is 5.15 Å². The maximum absolute atomic E-state index is 12.0. The summed E-state index contributed by atoms with van der Waals surface area (Å²) in [4.78, 5) is 39.9. The van der Waals surface area contributed by atoms with Crippen LogP contribution in [0, 0.1) is 0 Å². The molecule has 27 heavy (non-hydrogen) atoms. The number of nitrogens with zero attached hydrogens (tertiary/aromatic N) is 3. The number of carbonyl (C=O) groups is 1. The highest BCUT2D eigenvalue weighted by molar-refractivity contribution is 6.30. The topological polar surface area (TPSA) is 83.2 Å². The number of carbonyl (C=O) groups excluding carboxylic acids is 1. The lowest BCUT2D eigenvalue weighted by Crippen LogP contribution is -2.37. The fourth-order valence-electron chi connectivity index (χ4n) is 2.54. The zero-order valence-electron chi connectivity index (χ0n) is 14.7. The summed E-state index contributed by atoms with van der Waals surface area (Å²) in [5.41, 5.74) is 0.585. The first-order valence-corrected chi connectivity index (χ1v) is 8.40. The molecule has 0 saturated carbocycles. The number of esters is 1. The van der Waals surface area contributed by atoms with E-state index in [2.05, 4.69) is 4.98 Å². The summed E-state index contributed by atoms with van der Waals surface area (Å²) in [5.74, 6) is -0.643. The number of ether oxygens (including phenoxy) is 1. The molecule has 138 valence electrons. The van der Waals surface area contributed by atoms with Gasteiger partial charge in [-0.05, 0) is 18.2 Å². The van der Waals surface area contributed by atoms with Gasteiger partial charge in [0.05, 0.1) is 11.1 Å². The molecule has 2 aromatic heterocycles. The Bertz CT molecular complexity index is 1180. The van der Waals surface area contributed by atoms with Crippen molar-refractivity contribution >= 4 is 34.5 Å². The van der Waals surface area contributed by atoms with Gasteiger partial charge < -0.3 is 9.30 Å². The molecule has 1 aromatic carbocycles. The number of rotatable bonds is 4. The lowest BCUT2D eigenvalue weighted by atomic mass is 10.2. The van der Waals surface area contributed by atoms with Crippen LogP contribution in [0.4, 0.5) is 0 Å². The minimum atomic E-state index is -0.643. The van der Waals surface area contributed by atoms with Gasteiger partial charge in [0.1, 0.15) is 11.8 Å². The zero-order chi connectivity index (χ0) is 19.6. The van der Waals surface area contributed by atoms with Gasteiger partial charge in [-0.15, -0.1) is 0 Å². The fraction of sp³-hybridized carbons (Fsp3) is 0.158. The molecular formula is C19H16ClN3O4. The lowest BCUT2D eigenvalue weighted by Gasteiger charge is -2.06. The van der Waals surface area contributed by atoms with Gasteiger partial charge >= 0.3 is 11.7 Å². The molecule has 3 rings (SSSR count). The Labute approximate surface area is 159 Å². The maximum Gasteiger partial charge on any atom is 0.331 e. The number of aryl methyl sites for hydroxylation is 1. The second-order valence-electron chi connectivity index (χ2n) is 5.91. The molecule has 0 saturated heterocycles. The zero-order valence-corrected chi connectivity index (χ0v) is 15.4. The number of hydrogen-bond donors (Lipinski definition) is 0. The van der Waals surface area contributed by atoms with E-state index in [0.717, 1.165) is 21.5 Å². The first kappa shape index (κ1) is 18.6. The molecule has 0 bridgehead atoms. The van der Waals surface area contributed by atoms with Crippen LogP contribution in [0.1, 0.15) is 11.1 Å². The van der Waals surface area contributed by atoms with E-state index >= 15 is 0 Å². The van der Waals surface area contributed by atoms with E-state index in [4.69, 9.17) is 16.3 Å². The third-order valence-corrected chi connectivity index (χ3v) is 4.32. The van der Waals surface area contributed by atoms with E-state index in [0.29, 0.717) is 5.56 Å². The molecule has 0 fully saturated rings. The summed E-state index contributed by atoms with van der Waals surface area (Å²) < 4.78 is 7.40. The second kappa shape index (κ2) is 7.59. The van der Waals surface area contributed by atoms with Crippen LogP contribution in [0.3, 0.4) is 0 Å². The predicted molar refractivity (Wildman–Crippen MR) is 103 cm³/mol. The van der Waals surface area contributed by atoms with Crippen LogP contribution in [0.15, 0.2) is 52.2 Å². The van der Waals surface area contributed by atoms with Crippen molar-refractivity contribution in [2.75, 3.05) is 0 Å². The third-order valence-electron chi connectivity index (χ3n) is 3.99. The molecular weight excluding hydrogens is 370 g/mol. The molecule has 0 atom stereocenters. The Morgan fingerprint density at radius 1 is 1.26 bits per heavy atom. The molecule has 3 aromatic rings. The number of hydrogen-bond acceptors (Lipinski definition) is 5. The Morgan fingerprint density at radius 2 is 2.00 bits per heavy atom. The van der Waals surface area contributed by atoms with Crippen LogP contribution < -0.4 is 11.2 Å². The second-order valence-corrected chi connectivity index (χ2v) is 6.27. The Morgan fingerprint density at radius 3 is 2.78 bits per heavy atom. The largest absolute Gasteiger partial charge is 0.458 e. The molecule has 0 radical (unpaired) electrons. The van der Waals surface area contributed by atoms with E-state index < -0.39 is 17.2 Å². The van der Waals surface area contributed by atoms with Crippen LogP contribution in [0.5, 0.6) is 0 Å². The van der Waals surface area contributed by atoms with Crippen molar-refractivity contribution in [1.82, 2.24) is 14.1 Å². The number of benzene rings is 1. The molecule has 0 aliphatic carbocycles. The Hall–Kier alpha value is -3.19. The minimum absolute atomic E-state index is 0.0505. The van der Waals surface area contributed by atoms with Gasteiger partial charge in [-0.3, -0.25) is 9.36 Å². The van der Waals surface area contributed by atoms with Crippen molar-refractivity contribution in [2.24, 2.45) is 14.1 Å². The van der Waals surface area contributed by atoms with Gasteiger partial charge in [0.2, 0.25) is 0 Å². The fourth-order valence-corrected chi connectivity index (χ4v) is 2.74. The molecule has 0 aliphatic rings. The highest BCUT2D eigenvalue weighted by Gasteiger charge is 2.08. The van der Waals surface area contributed by atoms with E-state index in [-0.39, 0.29) is 17.3 Å². The highest BCUT2D eigenvalue weighted by Crippen LogP contribution is 2.21. The van der Waals surface area contributed by atoms with Crippen molar-refractivity contribution in [2.45, 2.75) is 6.61 Å². The van der Waals surface area contributed by atoms with E-state index in [1.807, 2.05) is 30.3 Å². The van der Waals surface area contributed by atoms with Gasteiger partial charge in [0.25, 0.3) is 5.56 Å². The molecule has 0 N–H and O–H groups in total. The average molecular weight is 386 g/mol. The molecule has 2 heterocycles. The van der Waals surface area contributed by atoms with Gasteiger partial charge in [-0.2, -0.15) is 0 Å². The number of para-hydroxylation sites is 1. The van der Waals surface area contributed by atoms with Crippen molar-refractivity contribution in [3.05, 3.63) is 79.7 Å². The number of halogens is 1. The average Bonchev–Trinajstić information content (AvgIpc) is 2.66. The monoisotopic (exact) mass is 385 g/mol. The van der Waals surface area contributed by atoms with Gasteiger partial charge in [0, 0.05) is 37.3 Å². The normalized spacial score (nSPS) is 11.2. The summed E-state index contributed by atoms with van der Waals surface area (Å²) in [7, 11) is 2.89. The summed E-state index contributed by atoms with van der Waals surface area (Å²) in [6.07, 6.45) is 3.80. The van der Waals surface area contributed by atoms with Crippen molar-refractivity contribution in [3.63, 3.8) is 0 Å². The van der Waals surface area contributed by atoms with Crippen LogP contribution in [0.25, 0.3) is 17.0 Å². The summed E-state index contributed by atoms with van der Waals surface area (Å²) >= 11 is 6.13. The number of aromatic nitrogens is 3. The highest BCUT2D eigenvalue weighted by atomic mass is 35.5. The first-order chi connectivity index (χ1) is 12.9. The van der Waals surface area contributed by atoms with Crippen LogP contribution >= 0.6 is 11.6 Å². The van der Waals surface area contributed by atoms with E-state index in [1.54, 1.807) is 0 Å². The van der Waals surface area contributed by atoms with Crippen LogP contribution in [-0.2, 0) is 30.2 Å². The standard InChI is InChI=1S/C19H16ClN3O4/c1-22-10-13(18(25)23(2)19(22)26)7-8-16(24)27-11-14-9-12-5-3-4-6-15(12)21-17(14)20/h3-10H,11H2,1-2H3/b8-7+. The SMILES string of the molecule is Cn1cc(/C=C/C(=O)OCc2cc3ccccc3nc2Cl)c(=O)n(C)c1=O.